The SMILES string of the molecule is CCOc1cc([C@@H]2C(C#N)=C(N)Oc3n[nH]c(C)c32)cc(Br)c1OCc1ccc(F)cc1. The summed E-state index contributed by atoms with van der Waals surface area (Å²) in [7, 11) is 0. The van der Waals surface area contributed by atoms with Gasteiger partial charge in [-0.2, -0.15) is 5.26 Å². The molecule has 2 aromatic carbocycles. The molecule has 32 heavy (non-hydrogen) atoms. The molecular weight excluding hydrogens is 479 g/mol. The monoisotopic (exact) mass is 498 g/mol. The van der Waals surface area contributed by atoms with Crippen LogP contribution < -0.4 is 19.9 Å². The fourth-order valence-corrected chi connectivity index (χ4v) is 4.20. The summed E-state index contributed by atoms with van der Waals surface area (Å²) in [4.78, 5) is 0. The van der Waals surface area contributed by atoms with Crippen LogP contribution in [0.4, 0.5) is 4.39 Å². The number of fused-ring (bicyclic) bond motifs is 1. The van der Waals surface area contributed by atoms with E-state index >= 15 is 0 Å². The van der Waals surface area contributed by atoms with Crippen LogP contribution in [0.2, 0.25) is 0 Å². The van der Waals surface area contributed by atoms with Gasteiger partial charge < -0.3 is 19.9 Å². The fourth-order valence-electron chi connectivity index (χ4n) is 3.63. The third-order valence-corrected chi connectivity index (χ3v) is 5.68. The van der Waals surface area contributed by atoms with Crippen molar-refractivity contribution in [1.29, 1.82) is 5.26 Å². The number of nitrogens with zero attached hydrogens (tertiary/aromatic N) is 2. The molecule has 3 N–H and O–H groups in total. The largest absolute Gasteiger partial charge is 0.490 e. The van der Waals surface area contributed by atoms with E-state index in [0.29, 0.717) is 28.5 Å². The van der Waals surface area contributed by atoms with Crippen LogP contribution >= 0.6 is 15.9 Å². The fraction of sp³-hybridized carbons (Fsp3) is 0.217. The number of ether oxygens (including phenoxy) is 3. The molecule has 3 aromatic rings. The first kappa shape index (κ1) is 21.7. The quantitative estimate of drug-likeness (QED) is 0.504. The van der Waals surface area contributed by atoms with E-state index in [-0.39, 0.29) is 23.9 Å². The van der Waals surface area contributed by atoms with Crippen molar-refractivity contribution in [3.8, 4) is 23.4 Å². The maximum absolute atomic E-state index is 13.2. The number of hydrogen-bond acceptors (Lipinski definition) is 6. The first-order chi connectivity index (χ1) is 15.4. The van der Waals surface area contributed by atoms with Crippen molar-refractivity contribution < 1.29 is 18.6 Å². The van der Waals surface area contributed by atoms with Crippen molar-refractivity contribution >= 4 is 15.9 Å². The summed E-state index contributed by atoms with van der Waals surface area (Å²) in [5.41, 5.74) is 9.40. The Labute approximate surface area is 192 Å². The Morgan fingerprint density at radius 1 is 1.28 bits per heavy atom. The summed E-state index contributed by atoms with van der Waals surface area (Å²) in [6, 6.07) is 11.9. The van der Waals surface area contributed by atoms with Crippen molar-refractivity contribution in [3.05, 3.63) is 80.5 Å². The number of aromatic nitrogens is 2. The number of halogens is 2. The molecule has 0 radical (unpaired) electrons. The molecule has 0 amide bonds. The normalized spacial score (nSPS) is 15.0. The van der Waals surface area contributed by atoms with Crippen LogP contribution in [-0.2, 0) is 6.61 Å². The number of allylic oxidation sites excluding steroid dienone is 1. The zero-order chi connectivity index (χ0) is 22.8. The molecule has 7 nitrogen and oxygen atoms in total. The Balaban J connectivity index is 1.75. The Morgan fingerprint density at radius 3 is 2.72 bits per heavy atom. The Hall–Kier alpha value is -3.51. The topological polar surface area (TPSA) is 106 Å². The number of nitrogens with one attached hydrogen (secondary N) is 1. The predicted octanol–water partition coefficient (Wildman–Crippen LogP) is 4.82. The van der Waals surface area contributed by atoms with Crippen LogP contribution in [0.25, 0.3) is 0 Å². The van der Waals surface area contributed by atoms with Crippen LogP contribution in [0.3, 0.4) is 0 Å². The number of aromatic amines is 1. The van der Waals surface area contributed by atoms with Gasteiger partial charge >= 0.3 is 0 Å². The highest BCUT2D eigenvalue weighted by atomic mass is 79.9. The van der Waals surface area contributed by atoms with Gasteiger partial charge in [0.25, 0.3) is 0 Å². The van der Waals surface area contributed by atoms with Crippen LogP contribution in [0.1, 0.15) is 35.2 Å². The molecule has 4 rings (SSSR count). The van der Waals surface area contributed by atoms with Gasteiger partial charge in [-0.1, -0.05) is 12.1 Å². The van der Waals surface area contributed by atoms with E-state index in [2.05, 4.69) is 32.2 Å². The van der Waals surface area contributed by atoms with E-state index in [1.54, 1.807) is 12.1 Å². The second-order valence-electron chi connectivity index (χ2n) is 7.17. The van der Waals surface area contributed by atoms with Gasteiger partial charge in [0, 0.05) is 11.3 Å². The van der Waals surface area contributed by atoms with Gasteiger partial charge in [-0.05, 0) is 65.2 Å². The third-order valence-electron chi connectivity index (χ3n) is 5.09. The molecular formula is C23H20BrFN4O3. The molecule has 0 bridgehead atoms. The lowest BCUT2D eigenvalue weighted by Crippen LogP contribution is -2.21. The van der Waals surface area contributed by atoms with E-state index in [1.807, 2.05) is 26.0 Å². The van der Waals surface area contributed by atoms with Gasteiger partial charge in [0.15, 0.2) is 11.5 Å². The van der Waals surface area contributed by atoms with Crippen molar-refractivity contribution in [3.63, 3.8) is 0 Å². The van der Waals surface area contributed by atoms with E-state index < -0.39 is 5.92 Å². The summed E-state index contributed by atoms with van der Waals surface area (Å²) in [5, 5.41) is 16.8. The highest BCUT2D eigenvalue weighted by Crippen LogP contribution is 2.46. The van der Waals surface area contributed by atoms with Gasteiger partial charge in [0.1, 0.15) is 24.1 Å². The highest BCUT2D eigenvalue weighted by molar-refractivity contribution is 9.10. The molecule has 1 atom stereocenters. The number of benzene rings is 2. The zero-order valence-electron chi connectivity index (χ0n) is 17.4. The lowest BCUT2D eigenvalue weighted by Gasteiger charge is -2.25. The van der Waals surface area contributed by atoms with Gasteiger partial charge in [0.2, 0.25) is 11.8 Å². The first-order valence-electron chi connectivity index (χ1n) is 9.88. The third kappa shape index (κ3) is 4.01. The molecule has 0 spiro atoms. The van der Waals surface area contributed by atoms with Crippen molar-refractivity contribution in [2.75, 3.05) is 6.61 Å². The predicted molar refractivity (Wildman–Crippen MR) is 119 cm³/mol. The molecule has 0 fully saturated rings. The van der Waals surface area contributed by atoms with E-state index in [4.69, 9.17) is 19.9 Å². The van der Waals surface area contributed by atoms with Crippen LogP contribution in [0, 0.1) is 24.1 Å². The first-order valence-corrected chi connectivity index (χ1v) is 10.7. The molecule has 0 aliphatic carbocycles. The van der Waals surface area contributed by atoms with Crippen molar-refractivity contribution in [2.24, 2.45) is 5.73 Å². The standard InChI is InChI=1S/C23H20BrFN4O3/c1-3-30-18-9-14(8-17(24)21(18)31-11-13-4-6-15(25)7-5-13)20-16(10-26)22(27)32-23-19(20)12(2)28-29-23/h4-9,20H,3,11,27H2,1-2H3,(H,28,29)/t20-/m1/s1. The van der Waals surface area contributed by atoms with E-state index in [1.165, 1.54) is 12.1 Å². The summed E-state index contributed by atoms with van der Waals surface area (Å²) in [5.74, 6) is 0.581. The average Bonchev–Trinajstić information content (AvgIpc) is 3.13. The molecule has 1 aliphatic rings. The highest BCUT2D eigenvalue weighted by Gasteiger charge is 2.35. The Kier molecular flexibility index (Phi) is 6.06. The molecule has 0 unspecified atom stereocenters. The molecule has 164 valence electrons. The number of H-pyrrole nitrogens is 1. The van der Waals surface area contributed by atoms with Gasteiger partial charge in [-0.25, -0.2) is 4.39 Å². The number of hydrogen-bond donors (Lipinski definition) is 2. The van der Waals surface area contributed by atoms with Crippen molar-refractivity contribution in [1.82, 2.24) is 10.2 Å². The van der Waals surface area contributed by atoms with Gasteiger partial charge in [-0.15, -0.1) is 5.10 Å². The lowest BCUT2D eigenvalue weighted by atomic mass is 9.84. The van der Waals surface area contributed by atoms with Gasteiger partial charge in [-0.3, -0.25) is 5.10 Å². The molecule has 9 heteroatoms. The van der Waals surface area contributed by atoms with E-state index in [0.717, 1.165) is 22.4 Å². The minimum Gasteiger partial charge on any atom is -0.490 e. The smallest absolute Gasteiger partial charge is 0.244 e. The van der Waals surface area contributed by atoms with Crippen LogP contribution in [0.15, 0.2) is 52.3 Å². The van der Waals surface area contributed by atoms with Crippen molar-refractivity contribution in [2.45, 2.75) is 26.4 Å². The Morgan fingerprint density at radius 2 is 2.03 bits per heavy atom. The second kappa shape index (κ2) is 8.93. The van der Waals surface area contributed by atoms with Crippen LogP contribution in [0.5, 0.6) is 17.4 Å². The number of nitriles is 1. The second-order valence-corrected chi connectivity index (χ2v) is 8.02. The summed E-state index contributed by atoms with van der Waals surface area (Å²) in [6.07, 6.45) is 0. The number of rotatable bonds is 6. The summed E-state index contributed by atoms with van der Waals surface area (Å²) < 4.78 is 31.2. The number of aryl methyl sites for hydroxylation is 1. The van der Waals surface area contributed by atoms with E-state index in [9.17, 15) is 9.65 Å². The Bertz CT molecular complexity index is 1230. The maximum atomic E-state index is 13.2. The molecule has 2 heterocycles. The molecule has 0 saturated carbocycles. The summed E-state index contributed by atoms with van der Waals surface area (Å²) in [6.45, 7) is 4.37. The number of nitrogens with two attached hydrogens (primary N) is 1. The summed E-state index contributed by atoms with van der Waals surface area (Å²) >= 11 is 3.58. The molecule has 1 aromatic heterocycles. The minimum atomic E-state index is -0.482. The minimum absolute atomic E-state index is 0.0159. The molecule has 1 aliphatic heterocycles. The van der Waals surface area contributed by atoms with Crippen LogP contribution in [-0.4, -0.2) is 16.8 Å². The molecule has 0 saturated heterocycles. The lowest BCUT2D eigenvalue weighted by molar-refractivity contribution is 0.267. The maximum Gasteiger partial charge on any atom is 0.244 e. The average molecular weight is 499 g/mol. The van der Waals surface area contributed by atoms with Gasteiger partial charge in [0.05, 0.1) is 17.0 Å². The zero-order valence-corrected chi connectivity index (χ0v) is 19.0.